The maximum Gasteiger partial charge on any atom is 0.0889 e. The molecule has 0 aromatic rings. The molecule has 1 radical (unpaired) electrons. The Balaban J connectivity index is 2.49. The smallest absolute Gasteiger partial charge is 0.0889 e. The van der Waals surface area contributed by atoms with Crippen molar-refractivity contribution in [2.24, 2.45) is 0 Å². The molecule has 0 aromatic carbocycles. The number of nitrogens with zero attached hydrogens (tertiary/aromatic N) is 1. The van der Waals surface area contributed by atoms with Crippen molar-refractivity contribution in [2.45, 2.75) is 0 Å². The topological polar surface area (TPSA) is 3.24 Å². The molecule has 1 aliphatic rings. The molecule has 1 aliphatic heterocycles. The largest absolute Gasteiger partial charge is 0.283 e. The first-order valence-corrected chi connectivity index (χ1v) is 2.36. The van der Waals surface area contributed by atoms with Crippen LogP contribution in [0.3, 0.4) is 0 Å². The van der Waals surface area contributed by atoms with E-state index in [2.05, 4.69) is 0 Å². The highest BCUT2D eigenvalue weighted by Gasteiger charge is 1.90. The summed E-state index contributed by atoms with van der Waals surface area (Å²) >= 11 is 5.46. The molecule has 7 heavy (non-hydrogen) atoms. The van der Waals surface area contributed by atoms with Gasteiger partial charge in [-0.25, -0.2) is 0 Å². The van der Waals surface area contributed by atoms with Crippen LogP contribution < -0.4 is 0 Å². The van der Waals surface area contributed by atoms with Crippen molar-refractivity contribution in [1.29, 1.82) is 0 Å². The molecule has 0 aliphatic carbocycles. The zero-order valence-corrected chi connectivity index (χ0v) is 4.47. The third kappa shape index (κ3) is 1.24. The van der Waals surface area contributed by atoms with Gasteiger partial charge in [0.2, 0.25) is 0 Å². The minimum atomic E-state index is 1.47. The van der Waals surface area contributed by atoms with E-state index in [4.69, 9.17) is 11.8 Å². The van der Waals surface area contributed by atoms with E-state index >= 15 is 0 Å². The molecule has 0 atom stereocenters. The normalized spacial score (nSPS) is 18.1. The first kappa shape index (κ1) is 4.72. The van der Waals surface area contributed by atoms with Crippen LogP contribution in [0, 0.1) is 6.54 Å². The van der Waals surface area contributed by atoms with Gasteiger partial charge in [-0.05, 0) is 6.08 Å². The van der Waals surface area contributed by atoms with Gasteiger partial charge in [-0.2, -0.15) is 0 Å². The van der Waals surface area contributed by atoms with Gasteiger partial charge in [0.1, 0.15) is 0 Å². The average molecular weight is 115 g/mol. The molecular formula is C5H5ClN. The third-order valence-corrected chi connectivity index (χ3v) is 0.905. The zero-order chi connectivity index (χ0) is 5.11. The second kappa shape index (κ2) is 2.03. The lowest BCUT2D eigenvalue weighted by Gasteiger charge is -2.06. The standard InChI is InChI=1S/C5H5ClN/c6-7-4-2-1-3-5-7/h1-5H. The third-order valence-electron chi connectivity index (χ3n) is 0.679. The summed E-state index contributed by atoms with van der Waals surface area (Å²) in [4.78, 5) is 0. The molecule has 0 fully saturated rings. The van der Waals surface area contributed by atoms with Crippen LogP contribution in [0.2, 0.25) is 0 Å². The van der Waals surface area contributed by atoms with Crippen molar-refractivity contribution in [1.82, 2.24) is 4.42 Å². The molecule has 0 saturated carbocycles. The lowest BCUT2D eigenvalue weighted by molar-refractivity contribution is 0.760. The highest BCUT2D eigenvalue weighted by molar-refractivity contribution is 6.14. The van der Waals surface area contributed by atoms with Crippen LogP contribution in [0.4, 0.5) is 0 Å². The van der Waals surface area contributed by atoms with E-state index in [0.717, 1.165) is 0 Å². The lowest BCUT2D eigenvalue weighted by Crippen LogP contribution is -1.97. The van der Waals surface area contributed by atoms with E-state index in [1.165, 1.54) is 4.42 Å². The Bertz CT molecular complexity index is 107. The van der Waals surface area contributed by atoms with E-state index < -0.39 is 0 Å². The lowest BCUT2D eigenvalue weighted by atomic mass is 10.4. The highest BCUT2D eigenvalue weighted by atomic mass is 35.5. The van der Waals surface area contributed by atoms with Gasteiger partial charge >= 0.3 is 0 Å². The van der Waals surface area contributed by atoms with Crippen LogP contribution in [0.15, 0.2) is 24.4 Å². The molecule has 2 heteroatoms. The van der Waals surface area contributed by atoms with Gasteiger partial charge in [-0.1, -0.05) is 12.2 Å². The van der Waals surface area contributed by atoms with E-state index in [1.807, 2.05) is 18.2 Å². The van der Waals surface area contributed by atoms with Crippen LogP contribution in [-0.4, -0.2) is 4.42 Å². The van der Waals surface area contributed by atoms with Crippen LogP contribution >= 0.6 is 11.8 Å². The molecule has 1 nitrogen and oxygen atoms in total. The fourth-order valence-corrected chi connectivity index (χ4v) is 0.508. The number of allylic oxidation sites excluding steroid dienone is 2. The van der Waals surface area contributed by atoms with Crippen molar-refractivity contribution in [2.75, 3.05) is 0 Å². The number of hydrogen-bond acceptors (Lipinski definition) is 1. The maximum atomic E-state index is 5.46. The summed E-state index contributed by atoms with van der Waals surface area (Å²) in [5, 5.41) is 0. The fourth-order valence-electron chi connectivity index (χ4n) is 0.378. The Labute approximate surface area is 48.0 Å². The van der Waals surface area contributed by atoms with Gasteiger partial charge in [0.05, 0.1) is 6.54 Å². The Morgan fingerprint density at radius 2 is 2.00 bits per heavy atom. The monoisotopic (exact) mass is 114 g/mol. The van der Waals surface area contributed by atoms with Gasteiger partial charge in [-0.3, -0.25) is 4.42 Å². The van der Waals surface area contributed by atoms with Crippen molar-refractivity contribution in [3.05, 3.63) is 31.0 Å². The molecule has 0 aromatic heterocycles. The molecule has 1 heterocycles. The Morgan fingerprint density at radius 3 is 2.29 bits per heavy atom. The summed E-state index contributed by atoms with van der Waals surface area (Å²) < 4.78 is 1.47. The van der Waals surface area contributed by atoms with E-state index in [0.29, 0.717) is 0 Å². The predicted octanol–water partition coefficient (Wildman–Crippen LogP) is 1.69. The van der Waals surface area contributed by atoms with Crippen LogP contribution in [-0.2, 0) is 0 Å². The Hall–Kier alpha value is -0.430. The summed E-state index contributed by atoms with van der Waals surface area (Å²) in [6.45, 7) is 1.77. The first-order chi connectivity index (χ1) is 3.39. The van der Waals surface area contributed by atoms with E-state index in [1.54, 1.807) is 12.7 Å². The zero-order valence-electron chi connectivity index (χ0n) is 3.71. The summed E-state index contributed by atoms with van der Waals surface area (Å²) in [7, 11) is 0. The van der Waals surface area contributed by atoms with Crippen molar-refractivity contribution in [3.8, 4) is 0 Å². The Kier molecular flexibility index (Phi) is 1.37. The predicted molar refractivity (Wildman–Crippen MR) is 30.3 cm³/mol. The average Bonchev–Trinajstić information content (AvgIpc) is 1.69. The SMILES string of the molecule is ClN1[CH]C=CC=C1. The van der Waals surface area contributed by atoms with Crippen molar-refractivity contribution < 1.29 is 0 Å². The maximum absolute atomic E-state index is 5.46. The molecule has 1 rings (SSSR count). The minimum Gasteiger partial charge on any atom is -0.283 e. The molecule has 0 unspecified atom stereocenters. The van der Waals surface area contributed by atoms with Gasteiger partial charge in [0.15, 0.2) is 0 Å². The second-order valence-electron chi connectivity index (χ2n) is 1.22. The molecule has 0 spiro atoms. The molecule has 0 bridgehead atoms. The fraction of sp³-hybridized carbons (Fsp3) is 0. The number of rotatable bonds is 0. The molecular weight excluding hydrogens is 110 g/mol. The quantitative estimate of drug-likeness (QED) is 0.433. The van der Waals surface area contributed by atoms with Crippen molar-refractivity contribution in [3.63, 3.8) is 0 Å². The van der Waals surface area contributed by atoms with Crippen LogP contribution in [0.5, 0.6) is 0 Å². The van der Waals surface area contributed by atoms with Gasteiger partial charge in [0, 0.05) is 18.0 Å². The van der Waals surface area contributed by atoms with Crippen LogP contribution in [0.25, 0.3) is 0 Å². The molecule has 0 saturated heterocycles. The minimum absolute atomic E-state index is 1.47. The van der Waals surface area contributed by atoms with E-state index in [9.17, 15) is 0 Å². The van der Waals surface area contributed by atoms with Gasteiger partial charge in [-0.15, -0.1) is 0 Å². The summed E-state index contributed by atoms with van der Waals surface area (Å²) in [6.07, 6.45) is 7.42. The summed E-state index contributed by atoms with van der Waals surface area (Å²) in [5.74, 6) is 0. The van der Waals surface area contributed by atoms with E-state index in [-0.39, 0.29) is 0 Å². The van der Waals surface area contributed by atoms with Crippen molar-refractivity contribution >= 4 is 11.8 Å². The van der Waals surface area contributed by atoms with Gasteiger partial charge < -0.3 is 0 Å². The molecule has 0 amide bonds. The molecule has 0 N–H and O–H groups in total. The number of halogens is 1. The summed E-state index contributed by atoms with van der Waals surface area (Å²) in [5.41, 5.74) is 0. The second-order valence-corrected chi connectivity index (χ2v) is 1.61. The van der Waals surface area contributed by atoms with Gasteiger partial charge in [0.25, 0.3) is 0 Å². The number of hydrogen-bond donors (Lipinski definition) is 0. The first-order valence-electron chi connectivity index (χ1n) is 2.02. The Morgan fingerprint density at radius 1 is 1.14 bits per heavy atom. The summed E-state index contributed by atoms with van der Waals surface area (Å²) in [6, 6.07) is 0. The highest BCUT2D eigenvalue weighted by Crippen LogP contribution is 2.04. The molecule has 37 valence electrons. The van der Waals surface area contributed by atoms with Crippen LogP contribution in [0.1, 0.15) is 0 Å².